The summed E-state index contributed by atoms with van der Waals surface area (Å²) >= 11 is 0. The molecule has 0 bridgehead atoms. The number of piperidine rings is 1. The Balaban J connectivity index is 1.84. The van der Waals surface area contributed by atoms with Gasteiger partial charge in [-0.05, 0) is 50.8 Å². The summed E-state index contributed by atoms with van der Waals surface area (Å²) in [6, 6.07) is 10.7. The van der Waals surface area contributed by atoms with Crippen LogP contribution in [0.4, 0.5) is 5.82 Å². The molecular weight excluding hydrogens is 284 g/mol. The van der Waals surface area contributed by atoms with E-state index in [-0.39, 0.29) is 0 Å². The third-order valence-electron chi connectivity index (χ3n) is 4.56. The van der Waals surface area contributed by atoms with Gasteiger partial charge in [-0.15, -0.1) is 0 Å². The van der Waals surface area contributed by atoms with Gasteiger partial charge in [-0.3, -0.25) is 0 Å². The van der Waals surface area contributed by atoms with Crippen molar-refractivity contribution in [3.05, 3.63) is 41.7 Å². The van der Waals surface area contributed by atoms with Crippen molar-refractivity contribution in [3.8, 4) is 11.3 Å². The maximum absolute atomic E-state index is 4.73. The molecule has 3 aromatic rings. The van der Waals surface area contributed by atoms with Crippen LogP contribution in [-0.2, 0) is 0 Å². The summed E-state index contributed by atoms with van der Waals surface area (Å²) in [7, 11) is 0. The molecular formula is C19H22N4. The number of hydrogen-bond acceptors (Lipinski definition) is 3. The molecule has 4 rings (SSSR count). The Bertz CT molecular complexity index is 844. The Morgan fingerprint density at radius 1 is 1.00 bits per heavy atom. The van der Waals surface area contributed by atoms with Crippen LogP contribution in [0.1, 0.15) is 30.7 Å². The van der Waals surface area contributed by atoms with E-state index in [9.17, 15) is 0 Å². The summed E-state index contributed by atoms with van der Waals surface area (Å²) in [4.78, 5) is 15.3. The molecule has 2 aromatic heterocycles. The molecule has 1 aliphatic heterocycles. The fraction of sp³-hybridized carbons (Fsp3) is 0.368. The largest absolute Gasteiger partial charge is 0.355 e. The van der Waals surface area contributed by atoms with Crippen LogP contribution in [0.3, 0.4) is 0 Å². The quantitative estimate of drug-likeness (QED) is 0.770. The molecule has 1 fully saturated rings. The van der Waals surface area contributed by atoms with E-state index in [1.54, 1.807) is 0 Å². The highest BCUT2D eigenvalue weighted by Gasteiger charge is 2.18. The molecule has 0 amide bonds. The molecule has 1 aromatic carbocycles. The minimum Gasteiger partial charge on any atom is -0.355 e. The number of nitrogens with one attached hydrogen (secondary N) is 1. The van der Waals surface area contributed by atoms with E-state index < -0.39 is 0 Å². The van der Waals surface area contributed by atoms with Crippen LogP contribution in [-0.4, -0.2) is 28.0 Å². The summed E-state index contributed by atoms with van der Waals surface area (Å²) < 4.78 is 0. The first-order valence-corrected chi connectivity index (χ1v) is 8.40. The van der Waals surface area contributed by atoms with E-state index in [1.807, 2.05) is 6.92 Å². The lowest BCUT2D eigenvalue weighted by atomic mass is 10.1. The first-order valence-electron chi connectivity index (χ1n) is 8.40. The van der Waals surface area contributed by atoms with Crippen molar-refractivity contribution in [3.63, 3.8) is 0 Å². The first-order chi connectivity index (χ1) is 11.2. The van der Waals surface area contributed by atoms with Gasteiger partial charge in [-0.1, -0.05) is 23.8 Å². The zero-order chi connectivity index (χ0) is 15.8. The van der Waals surface area contributed by atoms with Gasteiger partial charge in [0.1, 0.15) is 11.3 Å². The molecule has 4 heteroatoms. The average Bonchev–Trinajstić information content (AvgIpc) is 2.99. The van der Waals surface area contributed by atoms with Crippen LogP contribution >= 0.6 is 0 Å². The smallest absolute Gasteiger partial charge is 0.156 e. The summed E-state index contributed by atoms with van der Waals surface area (Å²) in [6.07, 6.45) is 3.81. The van der Waals surface area contributed by atoms with Gasteiger partial charge in [0.15, 0.2) is 5.82 Å². The second-order valence-corrected chi connectivity index (χ2v) is 6.45. The fourth-order valence-electron chi connectivity index (χ4n) is 3.41. The van der Waals surface area contributed by atoms with Crippen LogP contribution in [0, 0.1) is 13.8 Å². The summed E-state index contributed by atoms with van der Waals surface area (Å²) in [5.41, 5.74) is 5.65. The monoisotopic (exact) mass is 306 g/mol. The second-order valence-electron chi connectivity index (χ2n) is 6.45. The van der Waals surface area contributed by atoms with Gasteiger partial charge in [0, 0.05) is 18.8 Å². The van der Waals surface area contributed by atoms with Gasteiger partial charge in [0.2, 0.25) is 0 Å². The number of aromatic amines is 1. The number of hydrogen-bond donors (Lipinski definition) is 1. The highest BCUT2D eigenvalue weighted by atomic mass is 15.2. The molecule has 0 aliphatic carbocycles. The fourth-order valence-corrected chi connectivity index (χ4v) is 3.41. The van der Waals surface area contributed by atoms with Crippen molar-refractivity contribution in [2.75, 3.05) is 18.0 Å². The molecule has 4 nitrogen and oxygen atoms in total. The molecule has 0 unspecified atom stereocenters. The Hall–Kier alpha value is -2.36. The Morgan fingerprint density at radius 3 is 2.61 bits per heavy atom. The molecule has 0 atom stereocenters. The maximum atomic E-state index is 4.73. The molecule has 0 spiro atoms. The minimum absolute atomic E-state index is 0.841. The Labute approximate surface area is 136 Å². The van der Waals surface area contributed by atoms with E-state index in [2.05, 4.69) is 52.1 Å². The predicted octanol–water partition coefficient (Wildman–Crippen LogP) is 4.23. The zero-order valence-electron chi connectivity index (χ0n) is 13.8. The SMILES string of the molecule is Cc1cccc(-c2cc3nc(C)nc(N4CCCCC4)c3[nH]2)c1. The van der Waals surface area contributed by atoms with E-state index in [0.717, 1.165) is 41.5 Å². The van der Waals surface area contributed by atoms with Crippen molar-refractivity contribution < 1.29 is 0 Å². The van der Waals surface area contributed by atoms with Crippen LogP contribution < -0.4 is 4.90 Å². The zero-order valence-corrected chi connectivity index (χ0v) is 13.8. The molecule has 1 saturated heterocycles. The van der Waals surface area contributed by atoms with Crippen molar-refractivity contribution in [2.45, 2.75) is 33.1 Å². The molecule has 0 radical (unpaired) electrons. The lowest BCUT2D eigenvalue weighted by Crippen LogP contribution is -2.30. The third kappa shape index (κ3) is 2.69. The molecule has 23 heavy (non-hydrogen) atoms. The highest BCUT2D eigenvalue weighted by molar-refractivity contribution is 5.91. The average molecular weight is 306 g/mol. The van der Waals surface area contributed by atoms with Gasteiger partial charge >= 0.3 is 0 Å². The number of H-pyrrole nitrogens is 1. The number of anilines is 1. The molecule has 3 heterocycles. The van der Waals surface area contributed by atoms with E-state index in [4.69, 9.17) is 4.98 Å². The predicted molar refractivity (Wildman–Crippen MR) is 94.9 cm³/mol. The number of aromatic nitrogens is 3. The molecule has 0 saturated carbocycles. The van der Waals surface area contributed by atoms with E-state index in [0.29, 0.717) is 0 Å². The second kappa shape index (κ2) is 5.69. The summed E-state index contributed by atoms with van der Waals surface area (Å²) in [5, 5.41) is 0. The Morgan fingerprint density at radius 2 is 1.83 bits per heavy atom. The number of rotatable bonds is 2. The van der Waals surface area contributed by atoms with Crippen molar-refractivity contribution in [1.82, 2.24) is 15.0 Å². The molecule has 1 aliphatic rings. The van der Waals surface area contributed by atoms with Crippen LogP contribution in [0.15, 0.2) is 30.3 Å². The molecule has 118 valence electrons. The first kappa shape index (κ1) is 14.2. The van der Waals surface area contributed by atoms with Crippen molar-refractivity contribution in [2.24, 2.45) is 0 Å². The maximum Gasteiger partial charge on any atom is 0.156 e. The van der Waals surface area contributed by atoms with Crippen molar-refractivity contribution >= 4 is 16.9 Å². The van der Waals surface area contributed by atoms with Crippen LogP contribution in [0.2, 0.25) is 0 Å². The standard InChI is InChI=1S/C19H22N4/c1-13-7-6-8-15(11-13)16-12-17-18(22-16)19(21-14(2)20-17)23-9-4-3-5-10-23/h6-8,11-12,22H,3-5,9-10H2,1-2H3. The van der Waals surface area contributed by atoms with Crippen molar-refractivity contribution in [1.29, 1.82) is 0 Å². The topological polar surface area (TPSA) is 44.8 Å². The van der Waals surface area contributed by atoms with Gasteiger partial charge < -0.3 is 9.88 Å². The van der Waals surface area contributed by atoms with Gasteiger partial charge in [-0.2, -0.15) is 0 Å². The lowest BCUT2D eigenvalue weighted by Gasteiger charge is -2.28. The lowest BCUT2D eigenvalue weighted by molar-refractivity contribution is 0.574. The van der Waals surface area contributed by atoms with E-state index >= 15 is 0 Å². The van der Waals surface area contributed by atoms with Gasteiger partial charge in [0.05, 0.1) is 5.52 Å². The normalized spacial score (nSPS) is 15.3. The number of fused-ring (bicyclic) bond motifs is 1. The number of aryl methyl sites for hydroxylation is 2. The summed E-state index contributed by atoms with van der Waals surface area (Å²) in [5.74, 6) is 1.90. The van der Waals surface area contributed by atoms with E-state index in [1.165, 1.54) is 30.4 Å². The number of nitrogens with zero attached hydrogens (tertiary/aromatic N) is 3. The van der Waals surface area contributed by atoms with Crippen LogP contribution in [0.5, 0.6) is 0 Å². The highest BCUT2D eigenvalue weighted by Crippen LogP contribution is 2.30. The van der Waals surface area contributed by atoms with Crippen LogP contribution in [0.25, 0.3) is 22.3 Å². The summed E-state index contributed by atoms with van der Waals surface area (Å²) in [6.45, 7) is 6.27. The molecule has 1 N–H and O–H groups in total. The third-order valence-corrected chi connectivity index (χ3v) is 4.56. The minimum atomic E-state index is 0.841. The van der Waals surface area contributed by atoms with Gasteiger partial charge in [-0.25, -0.2) is 9.97 Å². The number of benzene rings is 1. The van der Waals surface area contributed by atoms with Gasteiger partial charge in [0.25, 0.3) is 0 Å². The Kier molecular flexibility index (Phi) is 3.52.